The molecular weight excluding hydrogens is 467 g/mol. The Bertz CT molecular complexity index is 1110. The molecule has 0 fully saturated rings. The van der Waals surface area contributed by atoms with Crippen LogP contribution in [0.5, 0.6) is 5.75 Å². The van der Waals surface area contributed by atoms with E-state index >= 15 is 0 Å². The summed E-state index contributed by atoms with van der Waals surface area (Å²) in [6.45, 7) is 4.26. The van der Waals surface area contributed by atoms with Gasteiger partial charge in [0.05, 0.1) is 0 Å². The van der Waals surface area contributed by atoms with Crippen LogP contribution in [0.15, 0.2) is 78.9 Å². The predicted octanol–water partition coefficient (Wildman–Crippen LogP) is 5.27. The van der Waals surface area contributed by atoms with Gasteiger partial charge in [-0.2, -0.15) is 0 Å². The zero-order chi connectivity index (χ0) is 25.2. The molecule has 0 aliphatic heterocycles. The molecule has 3 rings (SSSR count). The first-order valence-electron chi connectivity index (χ1n) is 11.6. The van der Waals surface area contributed by atoms with Gasteiger partial charge in [-0.25, -0.2) is 4.39 Å². The number of rotatable bonds is 11. The van der Waals surface area contributed by atoms with E-state index in [4.69, 9.17) is 16.3 Å². The number of carbonyl (C=O) groups is 2. The molecule has 7 heteroatoms. The molecule has 0 heterocycles. The van der Waals surface area contributed by atoms with Crippen LogP contribution in [-0.4, -0.2) is 35.9 Å². The molecule has 0 bridgehead atoms. The molecule has 35 heavy (non-hydrogen) atoms. The molecule has 184 valence electrons. The van der Waals surface area contributed by atoms with E-state index in [0.29, 0.717) is 18.0 Å². The van der Waals surface area contributed by atoms with E-state index in [0.717, 1.165) is 11.1 Å². The van der Waals surface area contributed by atoms with Crippen molar-refractivity contribution in [3.63, 3.8) is 0 Å². The third-order valence-electron chi connectivity index (χ3n) is 5.41. The average Bonchev–Trinajstić information content (AvgIpc) is 2.85. The highest BCUT2D eigenvalue weighted by atomic mass is 35.5. The van der Waals surface area contributed by atoms with Crippen molar-refractivity contribution in [2.24, 2.45) is 5.92 Å². The van der Waals surface area contributed by atoms with Gasteiger partial charge in [-0.15, -0.1) is 0 Å². The zero-order valence-corrected chi connectivity index (χ0v) is 20.7. The first-order chi connectivity index (χ1) is 16.8. The number of para-hydroxylation sites is 1. The topological polar surface area (TPSA) is 58.6 Å². The second-order valence-electron chi connectivity index (χ2n) is 8.71. The number of ether oxygens (including phenoxy) is 1. The van der Waals surface area contributed by atoms with Crippen LogP contribution in [0.1, 0.15) is 25.0 Å². The van der Waals surface area contributed by atoms with Gasteiger partial charge < -0.3 is 15.0 Å². The third-order valence-corrected chi connectivity index (χ3v) is 5.66. The quantitative estimate of drug-likeness (QED) is 0.393. The maximum atomic E-state index is 14.0. The third kappa shape index (κ3) is 8.11. The minimum atomic E-state index is -0.788. The molecule has 1 N–H and O–H groups in total. The van der Waals surface area contributed by atoms with Gasteiger partial charge in [-0.05, 0) is 41.3 Å². The summed E-state index contributed by atoms with van der Waals surface area (Å²) >= 11 is 6.03. The minimum Gasteiger partial charge on any atom is -0.481 e. The molecule has 0 aliphatic rings. The van der Waals surface area contributed by atoms with Gasteiger partial charge in [-0.3, -0.25) is 9.59 Å². The maximum absolute atomic E-state index is 14.0. The largest absolute Gasteiger partial charge is 0.481 e. The number of nitrogens with one attached hydrogen (secondary N) is 1. The molecule has 3 aromatic carbocycles. The zero-order valence-electron chi connectivity index (χ0n) is 19.9. The summed E-state index contributed by atoms with van der Waals surface area (Å²) in [5, 5.41) is 3.53. The Kier molecular flexibility index (Phi) is 9.67. The van der Waals surface area contributed by atoms with E-state index in [2.05, 4.69) is 5.32 Å². The Balaban J connectivity index is 1.90. The lowest BCUT2D eigenvalue weighted by Gasteiger charge is -2.31. The molecule has 0 radical (unpaired) electrons. The summed E-state index contributed by atoms with van der Waals surface area (Å²) in [5.74, 6) is -1.00. The fourth-order valence-corrected chi connectivity index (χ4v) is 3.67. The van der Waals surface area contributed by atoms with Crippen LogP contribution < -0.4 is 10.1 Å². The Hall–Kier alpha value is -3.38. The van der Waals surface area contributed by atoms with Crippen LogP contribution in [0.2, 0.25) is 5.02 Å². The van der Waals surface area contributed by atoms with Crippen LogP contribution in [0.4, 0.5) is 4.39 Å². The number of amides is 2. The normalized spacial score (nSPS) is 11.7. The number of halogens is 2. The Labute approximate surface area is 210 Å². The van der Waals surface area contributed by atoms with E-state index in [1.165, 1.54) is 17.0 Å². The van der Waals surface area contributed by atoms with E-state index in [1.54, 1.807) is 24.3 Å². The van der Waals surface area contributed by atoms with Gasteiger partial charge in [-0.1, -0.05) is 80.0 Å². The van der Waals surface area contributed by atoms with Crippen molar-refractivity contribution in [1.29, 1.82) is 0 Å². The monoisotopic (exact) mass is 496 g/mol. The van der Waals surface area contributed by atoms with Gasteiger partial charge >= 0.3 is 0 Å². The molecular formula is C28H30ClFN2O3. The van der Waals surface area contributed by atoms with E-state index in [1.807, 2.05) is 56.3 Å². The van der Waals surface area contributed by atoms with Crippen LogP contribution >= 0.6 is 11.6 Å². The standard InChI is InChI=1S/C28H30ClFN2O3/c1-20(2)17-31-28(34)25(16-21-8-4-3-5-9-21)32(18-22-12-14-23(29)15-13-22)27(33)19-35-26-11-7-6-10-24(26)30/h3-15,20,25H,16-19H2,1-2H3,(H,31,34). The van der Waals surface area contributed by atoms with Crippen molar-refractivity contribution >= 4 is 23.4 Å². The molecule has 2 amide bonds. The molecule has 1 atom stereocenters. The highest BCUT2D eigenvalue weighted by Gasteiger charge is 2.30. The number of nitrogens with zero attached hydrogens (tertiary/aromatic N) is 1. The van der Waals surface area contributed by atoms with Gasteiger partial charge in [0.15, 0.2) is 18.2 Å². The highest BCUT2D eigenvalue weighted by Crippen LogP contribution is 2.19. The summed E-state index contributed by atoms with van der Waals surface area (Å²) in [7, 11) is 0. The van der Waals surface area contributed by atoms with Crippen molar-refractivity contribution in [1.82, 2.24) is 10.2 Å². The van der Waals surface area contributed by atoms with Gasteiger partial charge in [0.1, 0.15) is 6.04 Å². The Morgan fingerprint density at radius 3 is 2.26 bits per heavy atom. The number of hydrogen-bond acceptors (Lipinski definition) is 3. The van der Waals surface area contributed by atoms with Crippen LogP contribution in [0.3, 0.4) is 0 Å². The first-order valence-corrected chi connectivity index (χ1v) is 11.9. The van der Waals surface area contributed by atoms with Crippen molar-refractivity contribution in [2.45, 2.75) is 32.9 Å². The molecule has 0 aromatic heterocycles. The summed E-state index contributed by atoms with van der Waals surface area (Å²) < 4.78 is 19.5. The lowest BCUT2D eigenvalue weighted by molar-refractivity contribution is -0.142. The highest BCUT2D eigenvalue weighted by molar-refractivity contribution is 6.30. The van der Waals surface area contributed by atoms with E-state index in [-0.39, 0.29) is 24.1 Å². The smallest absolute Gasteiger partial charge is 0.261 e. The maximum Gasteiger partial charge on any atom is 0.261 e. The van der Waals surface area contributed by atoms with Gasteiger partial charge in [0.25, 0.3) is 5.91 Å². The fraction of sp³-hybridized carbons (Fsp3) is 0.286. The summed E-state index contributed by atoms with van der Waals surface area (Å²) in [6, 6.07) is 21.7. The first kappa shape index (κ1) is 26.2. The van der Waals surface area contributed by atoms with E-state index in [9.17, 15) is 14.0 Å². The lowest BCUT2D eigenvalue weighted by Crippen LogP contribution is -2.52. The Morgan fingerprint density at radius 2 is 1.60 bits per heavy atom. The summed E-state index contributed by atoms with van der Waals surface area (Å²) in [5.41, 5.74) is 1.73. The second kappa shape index (κ2) is 12.9. The SMILES string of the molecule is CC(C)CNC(=O)C(Cc1ccccc1)N(Cc1ccc(Cl)cc1)C(=O)COc1ccccc1F. The van der Waals surface area contributed by atoms with Gasteiger partial charge in [0.2, 0.25) is 5.91 Å². The van der Waals surface area contributed by atoms with Gasteiger partial charge in [0, 0.05) is 24.5 Å². The summed E-state index contributed by atoms with van der Waals surface area (Å²) in [6.07, 6.45) is 0.323. The van der Waals surface area contributed by atoms with Crippen molar-refractivity contribution in [2.75, 3.05) is 13.2 Å². The number of carbonyl (C=O) groups excluding carboxylic acids is 2. The summed E-state index contributed by atoms with van der Waals surface area (Å²) in [4.78, 5) is 28.3. The van der Waals surface area contributed by atoms with Crippen LogP contribution in [-0.2, 0) is 22.6 Å². The molecule has 5 nitrogen and oxygen atoms in total. The average molecular weight is 497 g/mol. The fourth-order valence-electron chi connectivity index (χ4n) is 3.55. The number of hydrogen-bond donors (Lipinski definition) is 1. The molecule has 0 spiro atoms. The molecule has 0 saturated heterocycles. The lowest BCUT2D eigenvalue weighted by atomic mass is 10.0. The molecule has 0 saturated carbocycles. The number of benzene rings is 3. The predicted molar refractivity (Wildman–Crippen MR) is 136 cm³/mol. The van der Waals surface area contributed by atoms with Crippen LogP contribution in [0.25, 0.3) is 0 Å². The van der Waals surface area contributed by atoms with Crippen LogP contribution in [0, 0.1) is 11.7 Å². The Morgan fingerprint density at radius 1 is 0.943 bits per heavy atom. The molecule has 0 aliphatic carbocycles. The second-order valence-corrected chi connectivity index (χ2v) is 9.15. The minimum absolute atomic E-state index is 0.0174. The van der Waals surface area contributed by atoms with E-state index < -0.39 is 24.4 Å². The van der Waals surface area contributed by atoms with Crippen molar-refractivity contribution in [3.8, 4) is 5.75 Å². The van der Waals surface area contributed by atoms with Crippen molar-refractivity contribution in [3.05, 3.63) is 101 Å². The van der Waals surface area contributed by atoms with Crippen molar-refractivity contribution < 1.29 is 18.7 Å². The molecule has 3 aromatic rings. The molecule has 1 unspecified atom stereocenters.